The average molecular weight is 287 g/mol. The molecule has 2 rings (SSSR count). The Balaban J connectivity index is 2.32. The number of benzene rings is 1. The van der Waals surface area contributed by atoms with Crippen LogP contribution in [0.5, 0.6) is 0 Å². The summed E-state index contributed by atoms with van der Waals surface area (Å²) in [7, 11) is 0. The number of H-pyrrole nitrogens is 1. The van der Waals surface area contributed by atoms with Gasteiger partial charge in [0, 0.05) is 35.8 Å². The van der Waals surface area contributed by atoms with Crippen molar-refractivity contribution in [1.82, 2.24) is 9.88 Å². The van der Waals surface area contributed by atoms with E-state index in [9.17, 15) is 4.79 Å². The molecule has 1 heterocycles. The monoisotopic (exact) mass is 287 g/mol. The van der Waals surface area contributed by atoms with Gasteiger partial charge in [0.1, 0.15) is 0 Å². The number of fused-ring (bicyclic) bond motifs is 1. The van der Waals surface area contributed by atoms with Crippen molar-refractivity contribution in [3.05, 3.63) is 36.0 Å². The third-order valence-electron chi connectivity index (χ3n) is 3.78. The molecule has 0 fully saturated rings. The van der Waals surface area contributed by atoms with Crippen molar-refractivity contribution >= 4 is 16.8 Å². The van der Waals surface area contributed by atoms with Crippen LogP contribution in [0.1, 0.15) is 37.6 Å². The molecule has 4 heteroatoms. The van der Waals surface area contributed by atoms with E-state index in [4.69, 9.17) is 5.73 Å². The van der Waals surface area contributed by atoms with Gasteiger partial charge >= 0.3 is 0 Å². The van der Waals surface area contributed by atoms with Crippen LogP contribution in [0.2, 0.25) is 0 Å². The van der Waals surface area contributed by atoms with Gasteiger partial charge < -0.3 is 15.6 Å². The Bertz CT molecular complexity index is 615. The van der Waals surface area contributed by atoms with Crippen LogP contribution in [0.3, 0.4) is 0 Å². The summed E-state index contributed by atoms with van der Waals surface area (Å²) in [4.78, 5) is 18.0. The molecule has 0 aliphatic rings. The second-order valence-electron chi connectivity index (χ2n) is 6.34. The predicted octanol–water partition coefficient (Wildman–Crippen LogP) is 3.01. The Morgan fingerprint density at radius 2 is 2.10 bits per heavy atom. The molecule has 4 nitrogen and oxygen atoms in total. The molecule has 0 radical (unpaired) electrons. The molecule has 0 unspecified atom stereocenters. The number of aromatic amines is 1. The van der Waals surface area contributed by atoms with Crippen LogP contribution in [0.25, 0.3) is 10.9 Å². The zero-order valence-electron chi connectivity index (χ0n) is 13.1. The molecule has 21 heavy (non-hydrogen) atoms. The van der Waals surface area contributed by atoms with Gasteiger partial charge in [-0.25, -0.2) is 0 Å². The summed E-state index contributed by atoms with van der Waals surface area (Å²) in [5, 5.41) is 0.981. The molecule has 0 aliphatic carbocycles. The van der Waals surface area contributed by atoms with E-state index in [1.165, 1.54) is 0 Å². The minimum absolute atomic E-state index is 0.0725. The zero-order valence-corrected chi connectivity index (χ0v) is 13.1. The van der Waals surface area contributed by atoms with Gasteiger partial charge in [-0.05, 0) is 36.6 Å². The molecular formula is C17H25N3O. The number of hydrogen-bond donors (Lipinski definition) is 2. The fourth-order valence-electron chi connectivity index (χ4n) is 2.55. The van der Waals surface area contributed by atoms with E-state index < -0.39 is 0 Å². The van der Waals surface area contributed by atoms with Gasteiger partial charge in [0.05, 0.1) is 0 Å². The van der Waals surface area contributed by atoms with Gasteiger partial charge in [-0.15, -0.1) is 0 Å². The number of carbonyl (C=O) groups is 1. The first-order valence-electron chi connectivity index (χ1n) is 7.54. The van der Waals surface area contributed by atoms with E-state index in [0.29, 0.717) is 13.1 Å². The first-order valence-corrected chi connectivity index (χ1v) is 7.54. The third kappa shape index (κ3) is 3.45. The maximum Gasteiger partial charge on any atom is 0.254 e. The summed E-state index contributed by atoms with van der Waals surface area (Å²) in [6, 6.07) is 7.77. The largest absolute Gasteiger partial charge is 0.361 e. The minimum atomic E-state index is -0.0725. The summed E-state index contributed by atoms with van der Waals surface area (Å²) >= 11 is 0. The Labute approximate surface area is 126 Å². The maximum atomic E-state index is 12.9. The molecule has 0 saturated heterocycles. The number of aromatic nitrogens is 1. The van der Waals surface area contributed by atoms with Crippen molar-refractivity contribution in [2.75, 3.05) is 19.6 Å². The van der Waals surface area contributed by atoms with Crippen molar-refractivity contribution in [2.45, 2.75) is 27.2 Å². The smallest absolute Gasteiger partial charge is 0.254 e. The van der Waals surface area contributed by atoms with Crippen LogP contribution in [-0.4, -0.2) is 35.4 Å². The van der Waals surface area contributed by atoms with Crippen LogP contribution in [-0.2, 0) is 0 Å². The van der Waals surface area contributed by atoms with Gasteiger partial charge in [-0.3, -0.25) is 4.79 Å². The molecule has 3 N–H and O–H groups in total. The molecule has 0 aliphatic heterocycles. The summed E-state index contributed by atoms with van der Waals surface area (Å²) < 4.78 is 0. The lowest BCUT2D eigenvalue weighted by Crippen LogP contribution is -2.42. The molecule has 1 aromatic heterocycles. The lowest BCUT2D eigenvalue weighted by molar-refractivity contribution is 0.0691. The molecule has 2 aromatic rings. The molecular weight excluding hydrogens is 262 g/mol. The van der Waals surface area contributed by atoms with Crippen molar-refractivity contribution in [1.29, 1.82) is 0 Å². The standard InChI is InChI=1S/C17H25N3O/c1-4-10-20(12-17(2,3)11-18)16(21)14-6-5-7-15-13(14)8-9-19-15/h5-9,19H,4,10-12,18H2,1-3H3. The number of nitrogens with zero attached hydrogens (tertiary/aromatic N) is 1. The van der Waals surface area contributed by atoms with Gasteiger partial charge in [0.15, 0.2) is 0 Å². The second kappa shape index (κ2) is 6.31. The summed E-state index contributed by atoms with van der Waals surface area (Å²) in [6.07, 6.45) is 2.81. The second-order valence-corrected chi connectivity index (χ2v) is 6.34. The highest BCUT2D eigenvalue weighted by Gasteiger charge is 2.25. The fourth-order valence-corrected chi connectivity index (χ4v) is 2.55. The first-order chi connectivity index (χ1) is 9.98. The van der Waals surface area contributed by atoms with Crippen LogP contribution < -0.4 is 5.73 Å². The highest BCUT2D eigenvalue weighted by molar-refractivity contribution is 6.06. The SMILES string of the molecule is CCCN(CC(C)(C)CN)C(=O)c1cccc2[nH]ccc12. The Kier molecular flexibility index (Phi) is 4.68. The quantitative estimate of drug-likeness (QED) is 0.858. The number of carbonyl (C=O) groups excluding carboxylic acids is 1. The summed E-state index contributed by atoms with van der Waals surface area (Å²) in [5.74, 6) is 0.0866. The maximum absolute atomic E-state index is 12.9. The summed E-state index contributed by atoms with van der Waals surface area (Å²) in [5.41, 5.74) is 7.50. The average Bonchev–Trinajstić information content (AvgIpc) is 2.94. The molecule has 114 valence electrons. The van der Waals surface area contributed by atoms with E-state index >= 15 is 0 Å². The lowest BCUT2D eigenvalue weighted by Gasteiger charge is -2.32. The van der Waals surface area contributed by atoms with E-state index in [1.54, 1.807) is 0 Å². The molecule has 1 amide bonds. The van der Waals surface area contributed by atoms with E-state index in [1.807, 2.05) is 35.4 Å². The summed E-state index contributed by atoms with van der Waals surface area (Å²) in [6.45, 7) is 8.28. The molecule has 0 atom stereocenters. The van der Waals surface area contributed by atoms with E-state index in [0.717, 1.165) is 29.4 Å². The number of amides is 1. The van der Waals surface area contributed by atoms with Gasteiger partial charge in [-0.2, -0.15) is 0 Å². The fraction of sp³-hybridized carbons (Fsp3) is 0.471. The van der Waals surface area contributed by atoms with Crippen molar-refractivity contribution in [3.63, 3.8) is 0 Å². The molecule has 0 spiro atoms. The Hall–Kier alpha value is -1.81. The van der Waals surface area contributed by atoms with Gasteiger partial charge in [-0.1, -0.05) is 26.8 Å². The molecule has 0 bridgehead atoms. The topological polar surface area (TPSA) is 62.1 Å². The van der Waals surface area contributed by atoms with E-state index in [-0.39, 0.29) is 11.3 Å². The third-order valence-corrected chi connectivity index (χ3v) is 3.78. The number of rotatable bonds is 6. The number of hydrogen-bond acceptors (Lipinski definition) is 2. The van der Waals surface area contributed by atoms with Crippen molar-refractivity contribution in [2.24, 2.45) is 11.1 Å². The minimum Gasteiger partial charge on any atom is -0.361 e. The highest BCUT2D eigenvalue weighted by Crippen LogP contribution is 2.22. The van der Waals surface area contributed by atoms with Crippen LogP contribution in [0.15, 0.2) is 30.5 Å². The van der Waals surface area contributed by atoms with Crippen molar-refractivity contribution < 1.29 is 4.79 Å². The molecule has 0 saturated carbocycles. The van der Waals surface area contributed by atoms with Crippen LogP contribution in [0.4, 0.5) is 0 Å². The highest BCUT2D eigenvalue weighted by atomic mass is 16.2. The number of nitrogens with one attached hydrogen (secondary N) is 1. The lowest BCUT2D eigenvalue weighted by atomic mass is 9.92. The first kappa shape index (κ1) is 15.6. The zero-order chi connectivity index (χ0) is 15.5. The van der Waals surface area contributed by atoms with Gasteiger partial charge in [0.25, 0.3) is 5.91 Å². The van der Waals surface area contributed by atoms with E-state index in [2.05, 4.69) is 25.8 Å². The predicted molar refractivity (Wildman–Crippen MR) is 87.3 cm³/mol. The normalized spacial score (nSPS) is 11.8. The van der Waals surface area contributed by atoms with Gasteiger partial charge in [0.2, 0.25) is 0 Å². The van der Waals surface area contributed by atoms with Crippen molar-refractivity contribution in [3.8, 4) is 0 Å². The van der Waals surface area contributed by atoms with Crippen LogP contribution in [0, 0.1) is 5.41 Å². The number of nitrogens with two attached hydrogens (primary N) is 1. The van der Waals surface area contributed by atoms with Crippen LogP contribution >= 0.6 is 0 Å². The Morgan fingerprint density at radius 3 is 2.76 bits per heavy atom. The Morgan fingerprint density at radius 1 is 1.33 bits per heavy atom. The molecule has 1 aromatic carbocycles.